The zero-order chi connectivity index (χ0) is 18.7. The van der Waals surface area contributed by atoms with Gasteiger partial charge in [0.15, 0.2) is 0 Å². The molecule has 0 saturated carbocycles. The average Bonchev–Trinajstić information content (AvgIpc) is 2.95. The number of aryl methyl sites for hydroxylation is 3. The van der Waals surface area contributed by atoms with Crippen molar-refractivity contribution in [2.24, 2.45) is 0 Å². The smallest absolute Gasteiger partial charge is 0.240 e. The number of aromatic nitrogens is 2. The summed E-state index contributed by atoms with van der Waals surface area (Å²) in [5, 5.41) is 0. The largest absolute Gasteiger partial charge is 0.328 e. The van der Waals surface area contributed by atoms with Crippen molar-refractivity contribution >= 4 is 21.1 Å². The lowest BCUT2D eigenvalue weighted by Gasteiger charge is -2.10. The second-order valence-corrected chi connectivity index (χ2v) is 8.33. The fourth-order valence-electron chi connectivity index (χ4n) is 3.05. The van der Waals surface area contributed by atoms with E-state index < -0.39 is 10.0 Å². The third kappa shape index (κ3) is 3.81. The van der Waals surface area contributed by atoms with Gasteiger partial charge in [0.25, 0.3) is 0 Å². The Balaban J connectivity index is 1.76. The van der Waals surface area contributed by atoms with E-state index in [0.717, 1.165) is 41.0 Å². The van der Waals surface area contributed by atoms with E-state index in [0.29, 0.717) is 17.9 Å². The number of fused-ring (bicyclic) bond motifs is 1. The Kier molecular flexibility index (Phi) is 5.44. The molecule has 3 rings (SSSR count). The van der Waals surface area contributed by atoms with E-state index in [-0.39, 0.29) is 0 Å². The number of nitrogens with zero attached hydrogens (tertiary/aromatic N) is 2. The molecule has 5 nitrogen and oxygen atoms in total. The summed E-state index contributed by atoms with van der Waals surface area (Å²) < 4.78 is 29.9. The third-order valence-corrected chi connectivity index (χ3v) is 6.07. The van der Waals surface area contributed by atoms with Crippen LogP contribution in [0.5, 0.6) is 0 Å². The highest BCUT2D eigenvalue weighted by atomic mass is 32.2. The number of nitrogens with one attached hydrogen (secondary N) is 1. The monoisotopic (exact) mass is 371 g/mol. The molecule has 0 aliphatic carbocycles. The van der Waals surface area contributed by atoms with Gasteiger partial charge in [-0.25, -0.2) is 18.1 Å². The number of hydrogen-bond donors (Lipinski definition) is 1. The SMILES string of the molecule is CCCn1c(CCNS(=O)(=O)c2ccc(C)c(C)c2)nc2ccccc21. The first-order valence-corrected chi connectivity index (χ1v) is 10.4. The molecule has 6 heteroatoms. The van der Waals surface area contributed by atoms with Crippen LogP contribution in [-0.2, 0) is 23.0 Å². The number of rotatable bonds is 7. The Hall–Kier alpha value is -2.18. The molecule has 0 atom stereocenters. The summed E-state index contributed by atoms with van der Waals surface area (Å²) in [4.78, 5) is 4.99. The number of sulfonamides is 1. The molecule has 0 unspecified atom stereocenters. The van der Waals surface area contributed by atoms with Gasteiger partial charge in [-0.1, -0.05) is 25.1 Å². The Morgan fingerprint density at radius 3 is 2.58 bits per heavy atom. The van der Waals surface area contributed by atoms with Crippen LogP contribution in [0.15, 0.2) is 47.4 Å². The Bertz CT molecular complexity index is 1020. The molecular formula is C20H25N3O2S. The highest BCUT2D eigenvalue weighted by molar-refractivity contribution is 7.89. The van der Waals surface area contributed by atoms with E-state index in [1.54, 1.807) is 12.1 Å². The van der Waals surface area contributed by atoms with E-state index in [1.165, 1.54) is 0 Å². The molecule has 0 aliphatic rings. The van der Waals surface area contributed by atoms with Crippen molar-refractivity contribution in [3.05, 3.63) is 59.4 Å². The summed E-state index contributed by atoms with van der Waals surface area (Å²) in [5.41, 5.74) is 4.10. The standard InChI is InChI=1S/C20H25N3O2S/c1-4-13-23-19-8-6-5-7-18(19)22-20(23)11-12-21-26(24,25)17-10-9-15(2)16(3)14-17/h5-10,14,21H,4,11-13H2,1-3H3. The number of hydrogen-bond acceptors (Lipinski definition) is 3. The summed E-state index contributed by atoms with van der Waals surface area (Å²) in [7, 11) is -3.51. The maximum Gasteiger partial charge on any atom is 0.240 e. The topological polar surface area (TPSA) is 64.0 Å². The Morgan fingerprint density at radius 2 is 1.85 bits per heavy atom. The molecule has 0 bridgehead atoms. The molecule has 0 fully saturated rings. The van der Waals surface area contributed by atoms with Gasteiger partial charge >= 0.3 is 0 Å². The van der Waals surface area contributed by atoms with Crippen LogP contribution in [0.3, 0.4) is 0 Å². The van der Waals surface area contributed by atoms with Crippen molar-refractivity contribution < 1.29 is 8.42 Å². The maximum absolute atomic E-state index is 12.5. The second kappa shape index (κ2) is 7.60. The van der Waals surface area contributed by atoms with Gasteiger partial charge < -0.3 is 4.57 Å². The summed E-state index contributed by atoms with van der Waals surface area (Å²) >= 11 is 0. The molecule has 1 aromatic heterocycles. The van der Waals surface area contributed by atoms with Gasteiger partial charge in [0, 0.05) is 19.5 Å². The van der Waals surface area contributed by atoms with Crippen molar-refractivity contribution in [1.82, 2.24) is 14.3 Å². The normalized spacial score (nSPS) is 12.0. The van der Waals surface area contributed by atoms with Crippen LogP contribution >= 0.6 is 0 Å². The number of para-hydroxylation sites is 2. The summed E-state index contributed by atoms with van der Waals surface area (Å²) in [6, 6.07) is 13.2. The molecule has 1 N–H and O–H groups in total. The highest BCUT2D eigenvalue weighted by Gasteiger charge is 2.15. The third-order valence-electron chi connectivity index (χ3n) is 4.61. The first-order valence-electron chi connectivity index (χ1n) is 8.93. The molecule has 0 spiro atoms. The number of benzene rings is 2. The zero-order valence-electron chi connectivity index (χ0n) is 15.5. The van der Waals surface area contributed by atoms with Crippen molar-refractivity contribution in [3.8, 4) is 0 Å². The minimum atomic E-state index is -3.51. The minimum Gasteiger partial charge on any atom is -0.328 e. The van der Waals surface area contributed by atoms with Crippen molar-refractivity contribution in [1.29, 1.82) is 0 Å². The van der Waals surface area contributed by atoms with Gasteiger partial charge in [-0.3, -0.25) is 0 Å². The van der Waals surface area contributed by atoms with Crippen LogP contribution in [0.25, 0.3) is 11.0 Å². The van der Waals surface area contributed by atoms with Crippen LogP contribution < -0.4 is 4.72 Å². The van der Waals surface area contributed by atoms with Crippen molar-refractivity contribution in [3.63, 3.8) is 0 Å². The summed E-state index contributed by atoms with van der Waals surface area (Å²) in [6.45, 7) is 7.21. The first-order chi connectivity index (χ1) is 12.4. The van der Waals surface area contributed by atoms with Gasteiger partial charge in [0.2, 0.25) is 10.0 Å². The van der Waals surface area contributed by atoms with Gasteiger partial charge in [0.1, 0.15) is 5.82 Å². The van der Waals surface area contributed by atoms with Gasteiger partial charge in [-0.2, -0.15) is 0 Å². The van der Waals surface area contributed by atoms with E-state index in [2.05, 4.69) is 27.3 Å². The van der Waals surface area contributed by atoms with Crippen LogP contribution in [0.4, 0.5) is 0 Å². The predicted octanol–water partition coefficient (Wildman–Crippen LogP) is 3.58. The molecular weight excluding hydrogens is 346 g/mol. The molecule has 2 aromatic carbocycles. The summed E-state index contributed by atoms with van der Waals surface area (Å²) in [5.74, 6) is 0.913. The van der Waals surface area contributed by atoms with E-state index in [1.807, 2.05) is 38.1 Å². The van der Waals surface area contributed by atoms with Gasteiger partial charge in [0.05, 0.1) is 15.9 Å². The fraction of sp³-hybridized carbons (Fsp3) is 0.350. The lowest BCUT2D eigenvalue weighted by Crippen LogP contribution is -2.27. The molecule has 0 aliphatic heterocycles. The quantitative estimate of drug-likeness (QED) is 0.690. The van der Waals surface area contributed by atoms with Gasteiger partial charge in [-0.15, -0.1) is 0 Å². The summed E-state index contributed by atoms with van der Waals surface area (Å²) in [6.07, 6.45) is 1.56. The molecule has 0 amide bonds. The molecule has 26 heavy (non-hydrogen) atoms. The molecule has 3 aromatic rings. The molecule has 138 valence electrons. The lowest BCUT2D eigenvalue weighted by atomic mass is 10.1. The zero-order valence-corrected chi connectivity index (χ0v) is 16.3. The van der Waals surface area contributed by atoms with Gasteiger partial charge in [-0.05, 0) is 55.7 Å². The minimum absolute atomic E-state index is 0.308. The number of imidazole rings is 1. The van der Waals surface area contributed by atoms with E-state index in [4.69, 9.17) is 0 Å². The molecule has 1 heterocycles. The van der Waals surface area contributed by atoms with Crippen LogP contribution in [0, 0.1) is 13.8 Å². The first kappa shape index (κ1) is 18.6. The predicted molar refractivity (Wildman–Crippen MR) is 105 cm³/mol. The molecule has 0 saturated heterocycles. The Morgan fingerprint density at radius 1 is 1.08 bits per heavy atom. The van der Waals surface area contributed by atoms with Crippen LogP contribution in [-0.4, -0.2) is 24.5 Å². The van der Waals surface area contributed by atoms with E-state index >= 15 is 0 Å². The van der Waals surface area contributed by atoms with Crippen molar-refractivity contribution in [2.45, 2.75) is 45.1 Å². The average molecular weight is 372 g/mol. The fourth-order valence-corrected chi connectivity index (χ4v) is 4.17. The maximum atomic E-state index is 12.5. The Labute approximate surface area is 155 Å². The second-order valence-electron chi connectivity index (χ2n) is 6.56. The van der Waals surface area contributed by atoms with Crippen molar-refractivity contribution in [2.75, 3.05) is 6.54 Å². The van der Waals surface area contributed by atoms with Crippen LogP contribution in [0.2, 0.25) is 0 Å². The van der Waals surface area contributed by atoms with E-state index in [9.17, 15) is 8.42 Å². The molecule has 0 radical (unpaired) electrons. The lowest BCUT2D eigenvalue weighted by molar-refractivity contribution is 0.578. The van der Waals surface area contributed by atoms with Crippen LogP contribution in [0.1, 0.15) is 30.3 Å². The highest BCUT2D eigenvalue weighted by Crippen LogP contribution is 2.18.